The minimum Gasteiger partial charge on any atom is -0.409 e. The second-order valence-corrected chi connectivity index (χ2v) is 5.78. The molecule has 2 rings (SSSR count). The summed E-state index contributed by atoms with van der Waals surface area (Å²) in [5, 5.41) is 24.9. The molecule has 1 aromatic rings. The minimum absolute atomic E-state index is 0.134. The summed E-state index contributed by atoms with van der Waals surface area (Å²) >= 11 is 0. The van der Waals surface area contributed by atoms with Gasteiger partial charge in [0.1, 0.15) is 5.84 Å². The van der Waals surface area contributed by atoms with Crippen LogP contribution in [0.15, 0.2) is 35.5 Å². The number of hydrogen-bond acceptors (Lipinski definition) is 4. The molecule has 3 atom stereocenters. The number of aliphatic hydroxyl groups is 1. The predicted molar refractivity (Wildman–Crippen MR) is 83.4 cm³/mol. The zero-order valence-corrected chi connectivity index (χ0v) is 12.3. The van der Waals surface area contributed by atoms with Crippen molar-refractivity contribution in [2.45, 2.75) is 25.2 Å². The summed E-state index contributed by atoms with van der Waals surface area (Å²) in [6.07, 6.45) is 3.48. The fourth-order valence-corrected chi connectivity index (χ4v) is 3.18. The zero-order valence-electron chi connectivity index (χ0n) is 12.3. The monoisotopic (exact) mass is 291 g/mol. The molecule has 0 saturated heterocycles. The SMILES string of the molecule is NC(=NO)C(CNCC1CCCC1CO)c1ccccc1. The van der Waals surface area contributed by atoms with Crippen molar-refractivity contribution >= 4 is 5.84 Å². The maximum Gasteiger partial charge on any atom is 0.147 e. The summed E-state index contributed by atoms with van der Waals surface area (Å²) < 4.78 is 0. The average molecular weight is 291 g/mol. The molecule has 21 heavy (non-hydrogen) atoms. The summed E-state index contributed by atoms with van der Waals surface area (Å²) in [6.45, 7) is 1.77. The first-order chi connectivity index (χ1) is 10.3. The van der Waals surface area contributed by atoms with Crippen LogP contribution < -0.4 is 11.1 Å². The highest BCUT2D eigenvalue weighted by Crippen LogP contribution is 2.30. The van der Waals surface area contributed by atoms with Crippen LogP contribution >= 0.6 is 0 Å². The van der Waals surface area contributed by atoms with Crippen molar-refractivity contribution in [3.8, 4) is 0 Å². The maximum absolute atomic E-state index is 9.35. The van der Waals surface area contributed by atoms with E-state index in [9.17, 15) is 5.11 Å². The lowest BCUT2D eigenvalue weighted by Gasteiger charge is -2.21. The van der Waals surface area contributed by atoms with Crippen molar-refractivity contribution in [1.29, 1.82) is 0 Å². The van der Waals surface area contributed by atoms with Gasteiger partial charge >= 0.3 is 0 Å². The van der Waals surface area contributed by atoms with Crippen LogP contribution in [-0.2, 0) is 0 Å². The van der Waals surface area contributed by atoms with E-state index in [1.165, 1.54) is 6.42 Å². The number of nitrogens with zero attached hydrogens (tertiary/aromatic N) is 1. The van der Waals surface area contributed by atoms with Crippen LogP contribution in [0, 0.1) is 11.8 Å². The Hall–Kier alpha value is -1.59. The number of oxime groups is 1. The lowest BCUT2D eigenvalue weighted by molar-refractivity contribution is 0.192. The van der Waals surface area contributed by atoms with Crippen LogP contribution in [0.3, 0.4) is 0 Å². The first-order valence-corrected chi connectivity index (χ1v) is 7.60. The predicted octanol–water partition coefficient (Wildman–Crippen LogP) is 1.51. The van der Waals surface area contributed by atoms with E-state index in [1.54, 1.807) is 0 Å². The molecule has 0 spiro atoms. The third-order valence-corrected chi connectivity index (χ3v) is 4.48. The number of aliphatic hydroxyl groups excluding tert-OH is 1. The number of rotatable bonds is 7. The lowest BCUT2D eigenvalue weighted by Crippen LogP contribution is -2.35. The highest BCUT2D eigenvalue weighted by molar-refractivity contribution is 5.87. The van der Waals surface area contributed by atoms with Gasteiger partial charge in [0.15, 0.2) is 0 Å². The first-order valence-electron chi connectivity index (χ1n) is 7.60. The molecule has 0 amide bonds. The van der Waals surface area contributed by atoms with E-state index in [1.807, 2.05) is 30.3 Å². The molecule has 0 aromatic heterocycles. The first kappa shape index (κ1) is 15.8. The van der Waals surface area contributed by atoms with E-state index in [4.69, 9.17) is 10.9 Å². The van der Waals surface area contributed by atoms with Gasteiger partial charge in [-0.1, -0.05) is 41.9 Å². The smallest absolute Gasteiger partial charge is 0.147 e. The Labute approximate surface area is 125 Å². The molecule has 116 valence electrons. The number of amidine groups is 1. The molecule has 1 aliphatic carbocycles. The normalized spacial score (nSPS) is 24.1. The van der Waals surface area contributed by atoms with Crippen molar-refractivity contribution in [2.24, 2.45) is 22.7 Å². The summed E-state index contributed by atoms with van der Waals surface area (Å²) in [5.74, 6) is 1.03. The summed E-state index contributed by atoms with van der Waals surface area (Å²) in [6, 6.07) is 9.81. The minimum atomic E-state index is -0.134. The Morgan fingerprint density at radius 1 is 1.29 bits per heavy atom. The lowest BCUT2D eigenvalue weighted by atomic mass is 9.95. The maximum atomic E-state index is 9.35. The third kappa shape index (κ3) is 4.19. The Kier molecular flexibility index (Phi) is 6.02. The van der Waals surface area contributed by atoms with E-state index in [-0.39, 0.29) is 18.4 Å². The number of hydrogen-bond donors (Lipinski definition) is 4. The molecule has 3 unspecified atom stereocenters. The van der Waals surface area contributed by atoms with E-state index >= 15 is 0 Å². The Morgan fingerprint density at radius 3 is 2.67 bits per heavy atom. The third-order valence-electron chi connectivity index (χ3n) is 4.48. The molecular formula is C16H25N3O2. The van der Waals surface area contributed by atoms with Gasteiger partial charge in [-0.2, -0.15) is 0 Å². The largest absolute Gasteiger partial charge is 0.409 e. The van der Waals surface area contributed by atoms with E-state index in [0.717, 1.165) is 24.9 Å². The van der Waals surface area contributed by atoms with Crippen molar-refractivity contribution in [2.75, 3.05) is 19.7 Å². The van der Waals surface area contributed by atoms with E-state index < -0.39 is 0 Å². The standard InChI is InChI=1S/C16H25N3O2/c17-16(19-21)15(12-5-2-1-3-6-12)10-18-9-13-7-4-8-14(13)11-20/h1-3,5-6,13-15,18,20-21H,4,7-11H2,(H2,17,19). The fraction of sp³-hybridized carbons (Fsp3) is 0.562. The van der Waals surface area contributed by atoms with Gasteiger partial charge in [-0.15, -0.1) is 0 Å². The number of nitrogens with two attached hydrogens (primary N) is 1. The number of benzene rings is 1. The molecule has 0 bridgehead atoms. The van der Waals surface area contributed by atoms with Gasteiger partial charge in [0, 0.05) is 13.2 Å². The van der Waals surface area contributed by atoms with E-state index in [2.05, 4.69) is 10.5 Å². The zero-order chi connectivity index (χ0) is 15.1. The summed E-state index contributed by atoms with van der Waals surface area (Å²) in [4.78, 5) is 0. The molecular weight excluding hydrogens is 266 g/mol. The molecule has 1 fully saturated rings. The second kappa shape index (κ2) is 8.00. The van der Waals surface area contributed by atoms with Gasteiger partial charge in [0.2, 0.25) is 0 Å². The van der Waals surface area contributed by atoms with Gasteiger partial charge < -0.3 is 21.4 Å². The van der Waals surface area contributed by atoms with Gasteiger partial charge in [-0.3, -0.25) is 0 Å². The molecule has 0 heterocycles. The Bertz CT molecular complexity index is 450. The highest BCUT2D eigenvalue weighted by Gasteiger charge is 2.26. The molecule has 1 aliphatic rings. The van der Waals surface area contributed by atoms with Gasteiger partial charge in [0.05, 0.1) is 5.92 Å². The van der Waals surface area contributed by atoms with Gasteiger partial charge in [-0.05, 0) is 36.8 Å². The molecule has 0 aliphatic heterocycles. The molecule has 1 aromatic carbocycles. The quantitative estimate of drug-likeness (QED) is 0.265. The Morgan fingerprint density at radius 2 is 2.00 bits per heavy atom. The molecule has 5 N–H and O–H groups in total. The van der Waals surface area contributed by atoms with Crippen molar-refractivity contribution in [3.05, 3.63) is 35.9 Å². The van der Waals surface area contributed by atoms with Crippen molar-refractivity contribution < 1.29 is 10.3 Å². The molecule has 5 heteroatoms. The van der Waals surface area contributed by atoms with Crippen LogP contribution in [0.2, 0.25) is 0 Å². The second-order valence-electron chi connectivity index (χ2n) is 5.78. The van der Waals surface area contributed by atoms with Gasteiger partial charge in [-0.25, -0.2) is 0 Å². The van der Waals surface area contributed by atoms with E-state index in [0.29, 0.717) is 18.4 Å². The Balaban J connectivity index is 1.91. The summed E-state index contributed by atoms with van der Waals surface area (Å²) in [5.41, 5.74) is 6.85. The van der Waals surface area contributed by atoms with Crippen molar-refractivity contribution in [1.82, 2.24) is 5.32 Å². The topological polar surface area (TPSA) is 90.9 Å². The summed E-state index contributed by atoms with van der Waals surface area (Å²) in [7, 11) is 0. The average Bonchev–Trinajstić information content (AvgIpc) is 2.99. The fourth-order valence-electron chi connectivity index (χ4n) is 3.18. The van der Waals surface area contributed by atoms with Crippen molar-refractivity contribution in [3.63, 3.8) is 0 Å². The van der Waals surface area contributed by atoms with Crippen LogP contribution in [0.5, 0.6) is 0 Å². The molecule has 5 nitrogen and oxygen atoms in total. The van der Waals surface area contributed by atoms with Crippen LogP contribution in [-0.4, -0.2) is 35.8 Å². The van der Waals surface area contributed by atoms with Crippen LogP contribution in [0.4, 0.5) is 0 Å². The van der Waals surface area contributed by atoms with Gasteiger partial charge in [0.25, 0.3) is 0 Å². The molecule has 1 saturated carbocycles. The molecule has 0 radical (unpaired) electrons. The van der Waals surface area contributed by atoms with Crippen LogP contribution in [0.1, 0.15) is 30.7 Å². The number of nitrogens with one attached hydrogen (secondary N) is 1. The van der Waals surface area contributed by atoms with Crippen LogP contribution in [0.25, 0.3) is 0 Å². The highest BCUT2D eigenvalue weighted by atomic mass is 16.4.